The second-order valence-electron chi connectivity index (χ2n) is 3.29. The summed E-state index contributed by atoms with van der Waals surface area (Å²) in [6, 6.07) is 7.85. The molecule has 0 saturated carbocycles. The number of carbonyl (C=O) groups is 1. The van der Waals surface area contributed by atoms with E-state index in [2.05, 4.69) is 22.9 Å². The second-order valence-corrected chi connectivity index (χ2v) is 4.40. The third-order valence-electron chi connectivity index (χ3n) is 2.29. The van der Waals surface area contributed by atoms with E-state index in [1.165, 1.54) is 5.56 Å². The number of halogens is 1. The molecule has 1 nitrogen and oxygen atoms in total. The number of aryl methyl sites for hydroxylation is 1. The van der Waals surface area contributed by atoms with E-state index >= 15 is 0 Å². The summed E-state index contributed by atoms with van der Waals surface area (Å²) in [6.45, 7) is 4.11. The van der Waals surface area contributed by atoms with Crippen LogP contribution in [-0.2, 0) is 6.42 Å². The van der Waals surface area contributed by atoms with E-state index in [4.69, 9.17) is 0 Å². The number of hydrogen-bond acceptors (Lipinski definition) is 1. The Bertz CT molecular complexity index is 303. The van der Waals surface area contributed by atoms with Crippen LogP contribution in [0, 0.1) is 0 Å². The van der Waals surface area contributed by atoms with Crippen LogP contribution in [0.15, 0.2) is 24.3 Å². The lowest BCUT2D eigenvalue weighted by molar-refractivity contribution is 0.0990. The van der Waals surface area contributed by atoms with E-state index < -0.39 is 0 Å². The fraction of sp³-hybridized carbons (Fsp3) is 0.417. The Labute approximate surface area is 93.7 Å². The highest BCUT2D eigenvalue weighted by Gasteiger charge is 2.13. The Hall–Kier alpha value is -0.630. The Morgan fingerprint density at radius 3 is 2.29 bits per heavy atom. The van der Waals surface area contributed by atoms with Gasteiger partial charge in [0, 0.05) is 5.56 Å². The normalized spacial score (nSPS) is 12.5. The SMILES string of the molecule is CCc1ccc(C(=O)C(Br)CC)cc1. The van der Waals surface area contributed by atoms with Crippen molar-refractivity contribution in [2.75, 3.05) is 0 Å². The van der Waals surface area contributed by atoms with E-state index in [0.717, 1.165) is 18.4 Å². The van der Waals surface area contributed by atoms with Gasteiger partial charge in [0.25, 0.3) is 0 Å². The molecule has 2 heteroatoms. The minimum atomic E-state index is -0.0463. The lowest BCUT2D eigenvalue weighted by Gasteiger charge is -2.06. The number of rotatable bonds is 4. The fourth-order valence-electron chi connectivity index (χ4n) is 1.27. The van der Waals surface area contributed by atoms with Crippen LogP contribution in [0.1, 0.15) is 36.2 Å². The van der Waals surface area contributed by atoms with E-state index in [0.29, 0.717) is 0 Å². The van der Waals surface area contributed by atoms with Gasteiger partial charge in [0.1, 0.15) is 0 Å². The molecule has 0 fully saturated rings. The summed E-state index contributed by atoms with van der Waals surface area (Å²) in [4.78, 5) is 11.7. The van der Waals surface area contributed by atoms with Gasteiger partial charge in [0.05, 0.1) is 4.83 Å². The highest BCUT2D eigenvalue weighted by atomic mass is 79.9. The van der Waals surface area contributed by atoms with Crippen molar-refractivity contribution in [1.82, 2.24) is 0 Å². The zero-order valence-electron chi connectivity index (χ0n) is 8.59. The molecule has 1 rings (SSSR count). The molecule has 76 valence electrons. The van der Waals surface area contributed by atoms with Gasteiger partial charge in [-0.05, 0) is 18.4 Å². The highest BCUT2D eigenvalue weighted by molar-refractivity contribution is 9.10. The molecule has 0 saturated heterocycles. The average Bonchev–Trinajstić information content (AvgIpc) is 2.27. The number of carbonyl (C=O) groups excluding carboxylic acids is 1. The van der Waals surface area contributed by atoms with E-state index in [1.807, 2.05) is 31.2 Å². The molecular weight excluding hydrogens is 240 g/mol. The van der Waals surface area contributed by atoms with E-state index in [1.54, 1.807) is 0 Å². The van der Waals surface area contributed by atoms with Gasteiger partial charge in [-0.3, -0.25) is 4.79 Å². The summed E-state index contributed by atoms with van der Waals surface area (Å²) in [5.74, 6) is 0.176. The van der Waals surface area contributed by atoms with Gasteiger partial charge in [0.15, 0.2) is 5.78 Å². The summed E-state index contributed by atoms with van der Waals surface area (Å²) in [6.07, 6.45) is 1.84. The lowest BCUT2D eigenvalue weighted by Crippen LogP contribution is -2.12. The molecule has 0 amide bonds. The molecule has 0 aliphatic rings. The molecule has 14 heavy (non-hydrogen) atoms. The number of benzene rings is 1. The Morgan fingerprint density at radius 2 is 1.86 bits per heavy atom. The van der Waals surface area contributed by atoms with E-state index in [9.17, 15) is 4.79 Å². The van der Waals surface area contributed by atoms with Gasteiger partial charge in [-0.1, -0.05) is 54.0 Å². The first-order chi connectivity index (χ1) is 6.69. The second kappa shape index (κ2) is 5.30. The van der Waals surface area contributed by atoms with Crippen molar-refractivity contribution in [2.45, 2.75) is 31.5 Å². The zero-order valence-corrected chi connectivity index (χ0v) is 10.2. The van der Waals surface area contributed by atoms with Crippen molar-refractivity contribution in [3.05, 3.63) is 35.4 Å². The Kier molecular flexibility index (Phi) is 4.33. The van der Waals surface area contributed by atoms with Crippen LogP contribution < -0.4 is 0 Å². The van der Waals surface area contributed by atoms with Gasteiger partial charge in [-0.15, -0.1) is 0 Å². The van der Waals surface area contributed by atoms with Crippen molar-refractivity contribution < 1.29 is 4.79 Å². The van der Waals surface area contributed by atoms with Gasteiger partial charge in [-0.2, -0.15) is 0 Å². The summed E-state index contributed by atoms with van der Waals surface area (Å²) in [7, 11) is 0. The Balaban J connectivity index is 2.81. The minimum absolute atomic E-state index is 0.0463. The monoisotopic (exact) mass is 254 g/mol. The van der Waals surface area contributed by atoms with Gasteiger partial charge in [0.2, 0.25) is 0 Å². The minimum Gasteiger partial charge on any atom is -0.293 e. The first kappa shape index (κ1) is 11.4. The number of alkyl halides is 1. The molecular formula is C12H15BrO. The van der Waals surface area contributed by atoms with Crippen LogP contribution in [0.4, 0.5) is 0 Å². The molecule has 1 aromatic carbocycles. The number of ketones is 1. The van der Waals surface area contributed by atoms with E-state index in [-0.39, 0.29) is 10.6 Å². The average molecular weight is 255 g/mol. The highest BCUT2D eigenvalue weighted by Crippen LogP contribution is 2.14. The molecule has 1 aromatic rings. The molecule has 0 spiro atoms. The molecule has 0 heterocycles. The van der Waals surface area contributed by atoms with Crippen molar-refractivity contribution >= 4 is 21.7 Å². The molecule has 1 unspecified atom stereocenters. The van der Waals surface area contributed by atoms with Crippen molar-refractivity contribution in [3.63, 3.8) is 0 Å². The summed E-state index contributed by atoms with van der Waals surface area (Å²) < 4.78 is 0. The zero-order chi connectivity index (χ0) is 10.6. The smallest absolute Gasteiger partial charge is 0.176 e. The van der Waals surface area contributed by atoms with Gasteiger partial charge in [-0.25, -0.2) is 0 Å². The van der Waals surface area contributed by atoms with Crippen LogP contribution >= 0.6 is 15.9 Å². The van der Waals surface area contributed by atoms with Crippen LogP contribution in [0.2, 0.25) is 0 Å². The van der Waals surface area contributed by atoms with Gasteiger partial charge < -0.3 is 0 Å². The third kappa shape index (κ3) is 2.68. The van der Waals surface area contributed by atoms with Crippen molar-refractivity contribution in [1.29, 1.82) is 0 Å². The van der Waals surface area contributed by atoms with Crippen LogP contribution in [0.3, 0.4) is 0 Å². The maximum atomic E-state index is 11.7. The summed E-state index contributed by atoms with van der Waals surface area (Å²) in [5, 5.41) is 0. The molecule has 1 atom stereocenters. The molecule has 0 aliphatic heterocycles. The third-order valence-corrected chi connectivity index (χ3v) is 3.35. The largest absolute Gasteiger partial charge is 0.293 e. The van der Waals surface area contributed by atoms with Crippen LogP contribution in [0.5, 0.6) is 0 Å². The summed E-state index contributed by atoms with van der Waals surface area (Å²) >= 11 is 3.36. The predicted molar refractivity (Wildman–Crippen MR) is 63.2 cm³/mol. The van der Waals surface area contributed by atoms with Crippen LogP contribution in [-0.4, -0.2) is 10.6 Å². The van der Waals surface area contributed by atoms with Crippen LogP contribution in [0.25, 0.3) is 0 Å². The van der Waals surface area contributed by atoms with Gasteiger partial charge >= 0.3 is 0 Å². The molecule has 0 aromatic heterocycles. The lowest BCUT2D eigenvalue weighted by atomic mass is 10.0. The standard InChI is InChI=1S/C12H15BrO/c1-3-9-5-7-10(8-6-9)12(14)11(13)4-2/h5-8,11H,3-4H2,1-2H3. The maximum Gasteiger partial charge on any atom is 0.176 e. The quantitative estimate of drug-likeness (QED) is 0.593. The fourth-order valence-corrected chi connectivity index (χ4v) is 1.54. The molecule has 0 N–H and O–H groups in total. The first-order valence-corrected chi connectivity index (χ1v) is 5.87. The predicted octanol–water partition coefficient (Wildman–Crippen LogP) is 3.61. The number of hydrogen-bond donors (Lipinski definition) is 0. The molecule has 0 bridgehead atoms. The van der Waals surface area contributed by atoms with Crippen molar-refractivity contribution in [3.8, 4) is 0 Å². The first-order valence-electron chi connectivity index (χ1n) is 4.96. The maximum absolute atomic E-state index is 11.7. The molecule has 0 aliphatic carbocycles. The topological polar surface area (TPSA) is 17.1 Å². The Morgan fingerprint density at radius 1 is 1.29 bits per heavy atom. The number of Topliss-reactive ketones (excluding diaryl/α,β-unsaturated/α-hetero) is 1. The summed E-state index contributed by atoms with van der Waals surface area (Å²) in [5.41, 5.74) is 2.06. The van der Waals surface area contributed by atoms with Crippen molar-refractivity contribution in [2.24, 2.45) is 0 Å². The molecule has 0 radical (unpaired) electrons.